The van der Waals surface area contributed by atoms with Crippen LogP contribution < -0.4 is 16.0 Å². The maximum atomic E-state index is 12.6. The highest BCUT2D eigenvalue weighted by molar-refractivity contribution is 5.96. The van der Waals surface area contributed by atoms with Gasteiger partial charge in [-0.1, -0.05) is 18.2 Å². The van der Waals surface area contributed by atoms with Crippen LogP contribution >= 0.6 is 0 Å². The van der Waals surface area contributed by atoms with E-state index in [2.05, 4.69) is 0 Å². The summed E-state index contributed by atoms with van der Waals surface area (Å²) in [5.41, 5.74) is -0.0227. The number of esters is 1. The second-order valence-corrected chi connectivity index (χ2v) is 6.49. The lowest BCUT2D eigenvalue weighted by atomic mass is 10.0. The Bertz CT molecular complexity index is 1520. The molecule has 3 aromatic heterocycles. The third-order valence-corrected chi connectivity index (χ3v) is 4.58. The lowest BCUT2D eigenvalue weighted by molar-refractivity contribution is 0.0701. The van der Waals surface area contributed by atoms with Crippen LogP contribution in [0.3, 0.4) is 0 Å². The summed E-state index contributed by atoms with van der Waals surface area (Å²) >= 11 is 0. The van der Waals surface area contributed by atoms with Crippen molar-refractivity contribution in [1.82, 2.24) is 0 Å². The number of fused-ring (bicyclic) bond motifs is 2. The van der Waals surface area contributed by atoms with Gasteiger partial charge in [-0.25, -0.2) is 14.4 Å². The Morgan fingerprint density at radius 1 is 0.800 bits per heavy atom. The third kappa shape index (κ3) is 3.08. The summed E-state index contributed by atoms with van der Waals surface area (Å²) in [7, 11) is 0. The number of benzene rings is 2. The molecule has 0 aliphatic heterocycles. The quantitative estimate of drug-likeness (QED) is 0.252. The Balaban J connectivity index is 1.63. The summed E-state index contributed by atoms with van der Waals surface area (Å²) in [5, 5.41) is 1.22. The zero-order valence-electron chi connectivity index (χ0n) is 15.3. The van der Waals surface area contributed by atoms with Crippen LogP contribution in [-0.2, 0) is 0 Å². The maximum absolute atomic E-state index is 12.6. The molecule has 0 N–H and O–H groups in total. The highest BCUT2D eigenvalue weighted by Crippen LogP contribution is 2.30. The fourth-order valence-electron chi connectivity index (χ4n) is 3.23. The van der Waals surface area contributed by atoms with E-state index < -0.39 is 17.2 Å². The normalized spacial score (nSPS) is 11.1. The van der Waals surface area contributed by atoms with Gasteiger partial charge in [-0.15, -0.1) is 0 Å². The summed E-state index contributed by atoms with van der Waals surface area (Å²) < 4.78 is 20.9. The van der Waals surface area contributed by atoms with Crippen molar-refractivity contribution in [3.05, 3.63) is 99.6 Å². The average Bonchev–Trinajstić information content (AvgIpc) is 3.27. The molecule has 30 heavy (non-hydrogen) atoms. The van der Waals surface area contributed by atoms with E-state index in [4.69, 9.17) is 18.0 Å². The van der Waals surface area contributed by atoms with Crippen molar-refractivity contribution in [2.24, 2.45) is 0 Å². The molecule has 7 nitrogen and oxygen atoms in total. The molecule has 0 radical (unpaired) electrons. The first-order valence-electron chi connectivity index (χ1n) is 8.95. The van der Waals surface area contributed by atoms with Gasteiger partial charge in [0.1, 0.15) is 16.9 Å². The predicted molar refractivity (Wildman–Crippen MR) is 108 cm³/mol. The van der Waals surface area contributed by atoms with Gasteiger partial charge >= 0.3 is 17.2 Å². The molecule has 3 heterocycles. The Morgan fingerprint density at radius 3 is 2.50 bits per heavy atom. The van der Waals surface area contributed by atoms with Gasteiger partial charge in [-0.2, -0.15) is 0 Å². The molecule has 0 unspecified atom stereocenters. The first-order valence-corrected chi connectivity index (χ1v) is 8.95. The van der Waals surface area contributed by atoms with Crippen LogP contribution in [-0.4, -0.2) is 5.97 Å². The predicted octanol–water partition coefficient (Wildman–Crippen LogP) is 4.38. The van der Waals surface area contributed by atoms with E-state index in [1.165, 1.54) is 30.5 Å². The molecule has 0 saturated heterocycles. The minimum absolute atomic E-state index is 0.0408. The smallest absolute Gasteiger partial charge is 0.379 e. The standard InChI is InChI=1S/C23H12O7/c24-21-12-16(17-10-13-4-1-2-5-18(13)30-22(17)25)15-8-7-14(11-20(15)29-21)28-23(26)19-6-3-9-27-19/h1-12H. The van der Waals surface area contributed by atoms with Crippen molar-refractivity contribution in [3.8, 4) is 16.9 Å². The van der Waals surface area contributed by atoms with Crippen molar-refractivity contribution in [3.63, 3.8) is 0 Å². The molecular formula is C23H12O7. The van der Waals surface area contributed by atoms with Crippen molar-refractivity contribution < 1.29 is 22.8 Å². The molecule has 2 aromatic carbocycles. The summed E-state index contributed by atoms with van der Waals surface area (Å²) in [6.45, 7) is 0. The maximum Gasteiger partial charge on any atom is 0.379 e. The van der Waals surface area contributed by atoms with Crippen LogP contribution in [0.4, 0.5) is 0 Å². The molecule has 5 aromatic rings. The van der Waals surface area contributed by atoms with Gasteiger partial charge in [-0.05, 0) is 36.4 Å². The Labute approximate surface area is 167 Å². The molecule has 0 saturated carbocycles. The summed E-state index contributed by atoms with van der Waals surface area (Å²) in [4.78, 5) is 36.8. The molecule has 0 aliphatic carbocycles. The van der Waals surface area contributed by atoms with Crippen molar-refractivity contribution in [2.45, 2.75) is 0 Å². The monoisotopic (exact) mass is 400 g/mol. The first-order chi connectivity index (χ1) is 14.6. The highest BCUT2D eigenvalue weighted by atomic mass is 16.5. The SMILES string of the molecule is O=C(Oc1ccc2c(-c3cc4ccccc4oc3=O)cc(=O)oc2c1)c1ccco1. The lowest BCUT2D eigenvalue weighted by Gasteiger charge is -2.08. The van der Waals surface area contributed by atoms with E-state index in [0.717, 1.165) is 5.39 Å². The van der Waals surface area contributed by atoms with Gasteiger partial charge in [0.15, 0.2) is 0 Å². The molecule has 0 aliphatic rings. The van der Waals surface area contributed by atoms with Crippen LogP contribution in [0.5, 0.6) is 5.75 Å². The van der Waals surface area contributed by atoms with Crippen molar-refractivity contribution >= 4 is 27.9 Å². The molecule has 0 amide bonds. The number of carbonyl (C=O) groups is 1. The second kappa shape index (κ2) is 6.89. The molecule has 7 heteroatoms. The zero-order valence-corrected chi connectivity index (χ0v) is 15.3. The number of hydrogen-bond acceptors (Lipinski definition) is 7. The van der Waals surface area contributed by atoms with E-state index >= 15 is 0 Å². The average molecular weight is 400 g/mol. The van der Waals surface area contributed by atoms with Crippen LogP contribution in [0.25, 0.3) is 33.1 Å². The summed E-state index contributed by atoms with van der Waals surface area (Å²) in [6.07, 6.45) is 1.36. The molecule has 146 valence electrons. The van der Waals surface area contributed by atoms with E-state index in [1.807, 2.05) is 12.1 Å². The summed E-state index contributed by atoms with van der Waals surface area (Å²) in [6, 6.07) is 17.6. The van der Waals surface area contributed by atoms with Crippen LogP contribution in [0.2, 0.25) is 0 Å². The highest BCUT2D eigenvalue weighted by Gasteiger charge is 2.16. The van der Waals surface area contributed by atoms with Gasteiger partial charge in [0.2, 0.25) is 5.76 Å². The Hall–Kier alpha value is -4.39. The second-order valence-electron chi connectivity index (χ2n) is 6.49. The zero-order chi connectivity index (χ0) is 20.7. The number of carbonyl (C=O) groups excluding carboxylic acids is 1. The van der Waals surface area contributed by atoms with Gasteiger partial charge < -0.3 is 18.0 Å². The fraction of sp³-hybridized carbons (Fsp3) is 0. The number of ether oxygens (including phenoxy) is 1. The van der Waals surface area contributed by atoms with Gasteiger partial charge in [-0.3, -0.25) is 0 Å². The molecule has 0 fully saturated rings. The minimum atomic E-state index is -0.687. The van der Waals surface area contributed by atoms with E-state index in [-0.39, 0.29) is 22.7 Å². The lowest BCUT2D eigenvalue weighted by Crippen LogP contribution is -2.08. The van der Waals surface area contributed by atoms with Crippen LogP contribution in [0.1, 0.15) is 10.6 Å². The number of hydrogen-bond donors (Lipinski definition) is 0. The Kier molecular flexibility index (Phi) is 4.07. The van der Waals surface area contributed by atoms with Gasteiger partial charge in [0.05, 0.1) is 11.8 Å². The molecule has 0 bridgehead atoms. The number of para-hydroxylation sites is 1. The Morgan fingerprint density at radius 2 is 1.67 bits per heavy atom. The molecule has 0 atom stereocenters. The van der Waals surface area contributed by atoms with E-state index in [1.54, 1.807) is 30.3 Å². The van der Waals surface area contributed by atoms with Crippen LogP contribution in [0.15, 0.2) is 95.8 Å². The first kappa shape index (κ1) is 17.7. The van der Waals surface area contributed by atoms with Crippen molar-refractivity contribution in [2.75, 3.05) is 0 Å². The molecular weight excluding hydrogens is 388 g/mol. The van der Waals surface area contributed by atoms with Gasteiger partial charge in [0.25, 0.3) is 0 Å². The van der Waals surface area contributed by atoms with Crippen LogP contribution in [0, 0.1) is 0 Å². The number of furan rings is 1. The topological polar surface area (TPSA) is 99.9 Å². The van der Waals surface area contributed by atoms with E-state index in [9.17, 15) is 14.4 Å². The third-order valence-electron chi connectivity index (χ3n) is 4.58. The fourth-order valence-corrected chi connectivity index (χ4v) is 3.23. The molecule has 0 spiro atoms. The van der Waals surface area contributed by atoms with Crippen molar-refractivity contribution in [1.29, 1.82) is 0 Å². The number of rotatable bonds is 3. The van der Waals surface area contributed by atoms with E-state index in [0.29, 0.717) is 16.5 Å². The largest absolute Gasteiger partial charge is 0.457 e. The summed E-state index contributed by atoms with van der Waals surface area (Å²) in [5.74, 6) is -0.484. The van der Waals surface area contributed by atoms with Gasteiger partial charge in [0, 0.05) is 28.5 Å². The minimum Gasteiger partial charge on any atom is -0.457 e. The molecule has 5 rings (SSSR count).